The Morgan fingerprint density at radius 1 is 0.795 bits per heavy atom. The van der Waals surface area contributed by atoms with Gasteiger partial charge in [0.1, 0.15) is 0 Å². The zero-order valence-corrected chi connectivity index (χ0v) is 22.7. The monoisotopic (exact) mass is 551 g/mol. The molecule has 5 N–H and O–H groups in total. The first-order valence-electron chi connectivity index (χ1n) is 13.0. The van der Waals surface area contributed by atoms with Gasteiger partial charge < -0.3 is 25.7 Å². The van der Waals surface area contributed by atoms with Gasteiger partial charge in [0.15, 0.2) is 0 Å². The number of hydrogen-bond donors (Lipinski definition) is 5. The van der Waals surface area contributed by atoms with Crippen molar-refractivity contribution in [2.75, 3.05) is 72.2 Å². The minimum atomic E-state index is -1.05. The molecule has 13 nitrogen and oxygen atoms in total. The molecule has 0 saturated carbocycles. The number of aliphatic hydroxyl groups is 1. The number of hydrogen-bond acceptors (Lipinski definition) is 9. The first kappa shape index (κ1) is 32.1. The number of carbonyl (C=O) groups is 4. The average Bonchev–Trinajstić information content (AvgIpc) is 2.84. The van der Waals surface area contributed by atoms with Crippen LogP contribution in [0.2, 0.25) is 0 Å². The lowest BCUT2D eigenvalue weighted by Crippen LogP contribution is -2.53. The molecule has 0 spiro atoms. The maximum absolute atomic E-state index is 12.3. The van der Waals surface area contributed by atoms with E-state index in [9.17, 15) is 39.6 Å². The van der Waals surface area contributed by atoms with E-state index >= 15 is 0 Å². The zero-order chi connectivity index (χ0) is 28.9. The fraction of sp³-hybridized carbons (Fsp3) is 0.615. The summed E-state index contributed by atoms with van der Waals surface area (Å²) in [5.41, 5.74) is 1.34. The summed E-state index contributed by atoms with van der Waals surface area (Å²) in [6, 6.07) is 6.58. The molecule has 1 saturated heterocycles. The zero-order valence-electron chi connectivity index (χ0n) is 22.7. The number of carboxylic acid groups (broad SMARTS) is 3. The molecule has 1 amide bonds. The van der Waals surface area contributed by atoms with Crippen LogP contribution in [0.3, 0.4) is 0 Å². The molecule has 39 heavy (non-hydrogen) atoms. The van der Waals surface area contributed by atoms with Crippen LogP contribution in [0.4, 0.5) is 0 Å². The summed E-state index contributed by atoms with van der Waals surface area (Å²) in [4.78, 5) is 54.1. The smallest absolute Gasteiger partial charge is 0.317 e. The topological polar surface area (TPSA) is 174 Å². The summed E-state index contributed by atoms with van der Waals surface area (Å²) in [6.07, 6.45) is 0.387. The molecule has 0 aromatic heterocycles. The van der Waals surface area contributed by atoms with Crippen LogP contribution in [0.15, 0.2) is 24.3 Å². The molecule has 1 aromatic carbocycles. The van der Waals surface area contributed by atoms with E-state index in [-0.39, 0.29) is 57.9 Å². The van der Waals surface area contributed by atoms with Crippen molar-refractivity contribution in [1.29, 1.82) is 0 Å². The molecule has 0 radical (unpaired) electrons. The molecule has 2 rings (SSSR count). The van der Waals surface area contributed by atoms with E-state index in [1.165, 1.54) is 0 Å². The van der Waals surface area contributed by atoms with Gasteiger partial charge in [-0.05, 0) is 38.0 Å². The second kappa shape index (κ2) is 16.1. The highest BCUT2D eigenvalue weighted by Gasteiger charge is 2.27. The van der Waals surface area contributed by atoms with Gasteiger partial charge in [-0.2, -0.15) is 0 Å². The van der Waals surface area contributed by atoms with Gasteiger partial charge in [-0.15, -0.1) is 0 Å². The van der Waals surface area contributed by atoms with Gasteiger partial charge in [0.05, 0.1) is 26.4 Å². The molecule has 1 aromatic rings. The molecule has 0 bridgehead atoms. The fourth-order valence-electron chi connectivity index (χ4n) is 4.56. The molecule has 1 unspecified atom stereocenters. The molecule has 0 aliphatic carbocycles. The van der Waals surface area contributed by atoms with E-state index < -0.39 is 23.9 Å². The third kappa shape index (κ3) is 12.1. The molecule has 218 valence electrons. The Morgan fingerprint density at radius 3 is 1.85 bits per heavy atom. The number of carboxylic acids is 3. The maximum Gasteiger partial charge on any atom is 0.317 e. The standard InChI is InChI=1S/C26H41N5O8/c1-19(2)27-26(39)21-5-3-20(4-6-21)13-22-14-30(16-24(35)36)10-9-29(18-32)8-7-28(15-23(33)34)11-12-31(22)17-25(37)38/h3-6,19,22,32H,7-18H2,1-2H3,(H,27,39)(H,33,34)(H,35,36)(H,37,38). The van der Waals surface area contributed by atoms with E-state index in [1.807, 2.05) is 13.8 Å². The Kier molecular flexibility index (Phi) is 13.3. The predicted octanol–water partition coefficient (Wildman–Crippen LogP) is -0.839. The van der Waals surface area contributed by atoms with E-state index in [1.54, 1.807) is 43.9 Å². The van der Waals surface area contributed by atoms with E-state index in [0.29, 0.717) is 38.2 Å². The Bertz CT molecular complexity index is 958. The van der Waals surface area contributed by atoms with Crippen molar-refractivity contribution in [3.63, 3.8) is 0 Å². The number of aliphatic carboxylic acids is 3. The molecule has 1 heterocycles. The summed E-state index contributed by atoms with van der Waals surface area (Å²) in [5, 5.41) is 41.2. The Labute approximate surface area is 228 Å². The van der Waals surface area contributed by atoms with Crippen molar-refractivity contribution >= 4 is 23.8 Å². The average molecular weight is 552 g/mol. The highest BCUT2D eigenvalue weighted by atomic mass is 16.4. The Balaban J connectivity index is 2.36. The maximum atomic E-state index is 12.3. The molecular weight excluding hydrogens is 510 g/mol. The van der Waals surface area contributed by atoms with Crippen LogP contribution in [0.25, 0.3) is 0 Å². The van der Waals surface area contributed by atoms with Gasteiger partial charge in [-0.25, -0.2) is 0 Å². The van der Waals surface area contributed by atoms with Crippen LogP contribution in [0.1, 0.15) is 29.8 Å². The summed E-state index contributed by atoms with van der Waals surface area (Å²) in [7, 11) is 0. The summed E-state index contributed by atoms with van der Waals surface area (Å²) < 4.78 is 0. The van der Waals surface area contributed by atoms with Gasteiger partial charge >= 0.3 is 17.9 Å². The van der Waals surface area contributed by atoms with Crippen LogP contribution in [-0.4, -0.2) is 148 Å². The Morgan fingerprint density at radius 2 is 1.31 bits per heavy atom. The van der Waals surface area contributed by atoms with Gasteiger partial charge in [-0.1, -0.05) is 12.1 Å². The molecule has 13 heteroatoms. The van der Waals surface area contributed by atoms with Crippen molar-refractivity contribution in [3.8, 4) is 0 Å². The van der Waals surface area contributed by atoms with Crippen molar-refractivity contribution in [1.82, 2.24) is 24.9 Å². The Hall–Kier alpha value is -3.10. The lowest BCUT2D eigenvalue weighted by atomic mass is 10.0. The summed E-state index contributed by atoms with van der Waals surface area (Å²) in [6.45, 7) is 4.87. The SMILES string of the molecule is CC(C)NC(=O)c1ccc(CC2CN(CC(=O)O)CCN(CO)CCN(CC(=O)O)CCN2CC(=O)O)cc1. The fourth-order valence-corrected chi connectivity index (χ4v) is 4.56. The second-order valence-corrected chi connectivity index (χ2v) is 10.1. The summed E-state index contributed by atoms with van der Waals surface area (Å²) >= 11 is 0. The third-order valence-corrected chi connectivity index (χ3v) is 6.52. The normalized spacial score (nSPS) is 19.2. The van der Waals surface area contributed by atoms with Gasteiger partial charge in [0.25, 0.3) is 5.91 Å². The molecular formula is C26H41N5O8. The molecule has 1 atom stereocenters. The van der Waals surface area contributed by atoms with Crippen LogP contribution in [-0.2, 0) is 20.8 Å². The van der Waals surface area contributed by atoms with Crippen LogP contribution in [0.5, 0.6) is 0 Å². The first-order chi connectivity index (χ1) is 18.5. The van der Waals surface area contributed by atoms with Gasteiger partial charge in [0.2, 0.25) is 0 Å². The number of amides is 1. The molecule has 1 aliphatic rings. The van der Waals surface area contributed by atoms with E-state index in [2.05, 4.69) is 5.32 Å². The van der Waals surface area contributed by atoms with Gasteiger partial charge in [0, 0.05) is 63.5 Å². The van der Waals surface area contributed by atoms with Crippen LogP contribution < -0.4 is 5.32 Å². The highest BCUT2D eigenvalue weighted by Crippen LogP contribution is 2.14. The minimum absolute atomic E-state index is 0.0133. The van der Waals surface area contributed by atoms with E-state index in [0.717, 1.165) is 5.56 Å². The number of nitrogens with one attached hydrogen (secondary N) is 1. The van der Waals surface area contributed by atoms with Crippen molar-refractivity contribution in [2.24, 2.45) is 0 Å². The number of carbonyl (C=O) groups excluding carboxylic acids is 1. The number of benzene rings is 1. The molecule has 1 aliphatic heterocycles. The number of rotatable bonds is 11. The first-order valence-corrected chi connectivity index (χ1v) is 13.0. The highest BCUT2D eigenvalue weighted by molar-refractivity contribution is 5.94. The lowest BCUT2D eigenvalue weighted by molar-refractivity contribution is -0.141. The van der Waals surface area contributed by atoms with Crippen LogP contribution in [0, 0.1) is 0 Å². The number of aliphatic hydroxyl groups excluding tert-OH is 1. The van der Waals surface area contributed by atoms with Crippen molar-refractivity contribution in [2.45, 2.75) is 32.4 Å². The quantitative estimate of drug-likeness (QED) is 0.231. The predicted molar refractivity (Wildman–Crippen MR) is 143 cm³/mol. The molecule has 1 fully saturated rings. The largest absolute Gasteiger partial charge is 0.480 e. The van der Waals surface area contributed by atoms with Crippen molar-refractivity contribution < 1.29 is 39.6 Å². The number of nitrogens with zero attached hydrogens (tertiary/aromatic N) is 4. The van der Waals surface area contributed by atoms with Crippen LogP contribution >= 0.6 is 0 Å². The van der Waals surface area contributed by atoms with E-state index in [4.69, 9.17) is 0 Å². The summed E-state index contributed by atoms with van der Waals surface area (Å²) in [5.74, 6) is -3.27. The van der Waals surface area contributed by atoms with Gasteiger partial charge in [-0.3, -0.25) is 38.8 Å². The lowest BCUT2D eigenvalue weighted by Gasteiger charge is -2.37. The van der Waals surface area contributed by atoms with Crippen molar-refractivity contribution in [3.05, 3.63) is 35.4 Å². The third-order valence-electron chi connectivity index (χ3n) is 6.52. The second-order valence-electron chi connectivity index (χ2n) is 10.1. The minimum Gasteiger partial charge on any atom is -0.480 e.